The molecule has 0 aromatic heterocycles. The molecule has 0 atom stereocenters. The van der Waals surface area contributed by atoms with E-state index in [1.165, 1.54) is 28.6 Å². The lowest BCUT2D eigenvalue weighted by Crippen LogP contribution is -2.27. The van der Waals surface area contributed by atoms with Crippen molar-refractivity contribution in [1.82, 2.24) is 0 Å². The Morgan fingerprint density at radius 1 is 0.500 bits per heavy atom. The Bertz CT molecular complexity index is 2240. The van der Waals surface area contributed by atoms with Crippen LogP contribution in [0.3, 0.4) is 0 Å². The van der Waals surface area contributed by atoms with Crippen molar-refractivity contribution >= 4 is 58.8 Å². The molecular weight excluding hydrogens is 570 g/mol. The Morgan fingerprint density at radius 2 is 0.952 bits per heavy atom. The summed E-state index contributed by atoms with van der Waals surface area (Å²) in [5, 5.41) is 3.20. The fourth-order valence-electron chi connectivity index (χ4n) is 5.62. The molecule has 7 nitrogen and oxygen atoms in total. The van der Waals surface area contributed by atoms with Gasteiger partial charge in [0.2, 0.25) is 0 Å². The van der Waals surface area contributed by atoms with Gasteiger partial charge in [0.05, 0.1) is 21.2 Å². The van der Waals surface area contributed by atoms with Crippen LogP contribution in [0.5, 0.6) is 0 Å². The molecule has 0 spiro atoms. The van der Waals surface area contributed by atoms with E-state index in [4.69, 9.17) is 0 Å². The highest BCUT2D eigenvalue weighted by atomic mass is 32.2. The van der Waals surface area contributed by atoms with Gasteiger partial charge in [0, 0.05) is 21.9 Å². The molecule has 1 aliphatic rings. The monoisotopic (exact) mass is 591 g/mol. The predicted molar refractivity (Wildman–Crippen MR) is 162 cm³/mol. The molecule has 9 heteroatoms. The minimum atomic E-state index is -4.53. The minimum absolute atomic E-state index is 0.0784. The molecule has 0 heterocycles. The van der Waals surface area contributed by atoms with E-state index < -0.39 is 30.8 Å². The number of anilines is 2. The highest BCUT2D eigenvalue weighted by Gasteiger charge is 2.34. The maximum absolute atomic E-state index is 14.7. The third-order valence-electron chi connectivity index (χ3n) is 7.57. The number of fused-ring (bicyclic) bond motifs is 5. The number of ketones is 1. The first-order valence-electron chi connectivity index (χ1n) is 13.0. The van der Waals surface area contributed by atoms with Gasteiger partial charge in [-0.25, -0.2) is 12.7 Å². The summed E-state index contributed by atoms with van der Waals surface area (Å²) >= 11 is 0. The van der Waals surface area contributed by atoms with Crippen LogP contribution in [0.1, 0.15) is 15.9 Å². The van der Waals surface area contributed by atoms with Crippen LogP contribution < -0.4 is 4.31 Å². The first-order valence-corrected chi connectivity index (χ1v) is 15.8. The summed E-state index contributed by atoms with van der Waals surface area (Å²) in [5.74, 6) is -0.524. The van der Waals surface area contributed by atoms with E-state index in [2.05, 4.69) is 0 Å². The van der Waals surface area contributed by atoms with Crippen LogP contribution in [0, 0.1) is 0 Å². The molecule has 0 fully saturated rings. The molecule has 0 amide bonds. The molecule has 0 bridgehead atoms. The van der Waals surface area contributed by atoms with Crippen molar-refractivity contribution in [3.63, 3.8) is 0 Å². The van der Waals surface area contributed by atoms with Crippen LogP contribution in [0.15, 0.2) is 131 Å². The number of carbonyl (C=O) groups excluding carboxylic acids is 1. The highest BCUT2D eigenvalue weighted by molar-refractivity contribution is 7.93. The SMILES string of the molecule is O=C1c2cc(S(=O)(=O)O)ccc2-c2ccc(S(=O)(=O)N(c3cccc4ccccc34)c3cccc4ccccc34)cc21. The van der Waals surface area contributed by atoms with E-state index >= 15 is 0 Å². The third kappa shape index (κ3) is 4.01. The van der Waals surface area contributed by atoms with Gasteiger partial charge in [-0.15, -0.1) is 0 Å². The number of rotatable bonds is 5. The maximum Gasteiger partial charge on any atom is 0.294 e. The second-order valence-electron chi connectivity index (χ2n) is 9.98. The maximum atomic E-state index is 14.7. The lowest BCUT2D eigenvalue weighted by atomic mass is 10.1. The molecule has 1 N–H and O–H groups in total. The number of hydrogen-bond acceptors (Lipinski definition) is 5. The first kappa shape index (κ1) is 26.1. The van der Waals surface area contributed by atoms with Crippen LogP contribution in [0.2, 0.25) is 0 Å². The summed E-state index contributed by atoms with van der Waals surface area (Å²) in [5.41, 5.74) is 2.07. The smallest absolute Gasteiger partial charge is 0.289 e. The first-order chi connectivity index (χ1) is 20.1. The second kappa shape index (κ2) is 9.35. The van der Waals surface area contributed by atoms with Crippen molar-refractivity contribution in [3.8, 4) is 11.1 Å². The molecule has 6 aromatic carbocycles. The van der Waals surface area contributed by atoms with Gasteiger partial charge in [0.1, 0.15) is 0 Å². The van der Waals surface area contributed by atoms with E-state index in [0.717, 1.165) is 27.6 Å². The molecule has 206 valence electrons. The van der Waals surface area contributed by atoms with Gasteiger partial charge in [-0.3, -0.25) is 9.35 Å². The molecule has 1 aliphatic carbocycles. The zero-order chi connectivity index (χ0) is 29.2. The summed E-state index contributed by atoms with van der Waals surface area (Å²) in [6, 6.07) is 34.1. The fourth-order valence-corrected chi connectivity index (χ4v) is 7.68. The fraction of sp³-hybridized carbons (Fsp3) is 0. The van der Waals surface area contributed by atoms with Gasteiger partial charge in [-0.2, -0.15) is 8.42 Å². The number of sulfonamides is 1. The van der Waals surface area contributed by atoms with Crippen molar-refractivity contribution < 1.29 is 26.2 Å². The van der Waals surface area contributed by atoms with Crippen LogP contribution >= 0.6 is 0 Å². The molecule has 42 heavy (non-hydrogen) atoms. The van der Waals surface area contributed by atoms with Gasteiger partial charge >= 0.3 is 0 Å². The Hall–Kier alpha value is -4.83. The molecule has 0 saturated heterocycles. The molecule has 6 aromatic rings. The Kier molecular flexibility index (Phi) is 5.81. The van der Waals surface area contributed by atoms with Gasteiger partial charge in [-0.1, -0.05) is 84.9 Å². The summed E-state index contributed by atoms with van der Waals surface area (Å²) in [6.07, 6.45) is 0. The van der Waals surface area contributed by atoms with Crippen molar-refractivity contribution in [1.29, 1.82) is 0 Å². The zero-order valence-electron chi connectivity index (χ0n) is 21.8. The number of benzene rings is 6. The molecule has 0 radical (unpaired) electrons. The lowest BCUT2D eigenvalue weighted by molar-refractivity contribution is 0.104. The highest BCUT2D eigenvalue weighted by Crippen LogP contribution is 2.43. The number of nitrogens with zero attached hydrogens (tertiary/aromatic N) is 1. The molecular formula is C33H21NO6S2. The van der Waals surface area contributed by atoms with E-state index in [1.54, 1.807) is 30.3 Å². The summed E-state index contributed by atoms with van der Waals surface area (Å²) in [7, 11) is -8.84. The Morgan fingerprint density at radius 3 is 1.48 bits per heavy atom. The molecule has 0 unspecified atom stereocenters. The van der Waals surface area contributed by atoms with Gasteiger partial charge in [-0.05, 0) is 58.3 Å². The Balaban J connectivity index is 1.45. The van der Waals surface area contributed by atoms with Crippen LogP contribution in [-0.2, 0) is 20.1 Å². The van der Waals surface area contributed by atoms with Gasteiger partial charge in [0.15, 0.2) is 5.78 Å². The van der Waals surface area contributed by atoms with Crippen molar-refractivity contribution in [2.75, 3.05) is 4.31 Å². The average molecular weight is 592 g/mol. The van der Waals surface area contributed by atoms with Gasteiger partial charge < -0.3 is 0 Å². The van der Waals surface area contributed by atoms with E-state index in [0.29, 0.717) is 22.5 Å². The van der Waals surface area contributed by atoms with Crippen LogP contribution in [0.4, 0.5) is 11.4 Å². The quantitative estimate of drug-likeness (QED) is 0.216. The zero-order valence-corrected chi connectivity index (χ0v) is 23.4. The summed E-state index contributed by atoms with van der Waals surface area (Å²) < 4.78 is 63.6. The molecule has 0 aliphatic heterocycles. The normalized spacial score (nSPS) is 12.8. The largest absolute Gasteiger partial charge is 0.294 e. The summed E-state index contributed by atoms with van der Waals surface area (Å²) in [6.45, 7) is 0. The van der Waals surface area contributed by atoms with Crippen molar-refractivity contribution in [2.45, 2.75) is 9.79 Å². The summed E-state index contributed by atoms with van der Waals surface area (Å²) in [4.78, 5) is 12.9. The number of carbonyl (C=O) groups is 1. The van der Waals surface area contributed by atoms with E-state index in [9.17, 15) is 26.2 Å². The van der Waals surface area contributed by atoms with Crippen LogP contribution in [-0.4, -0.2) is 27.2 Å². The average Bonchev–Trinajstić information content (AvgIpc) is 3.27. The van der Waals surface area contributed by atoms with Gasteiger partial charge in [0.25, 0.3) is 20.1 Å². The lowest BCUT2D eigenvalue weighted by Gasteiger charge is -2.27. The topological polar surface area (TPSA) is 109 Å². The van der Waals surface area contributed by atoms with Crippen LogP contribution in [0.25, 0.3) is 32.7 Å². The van der Waals surface area contributed by atoms with Crippen molar-refractivity contribution in [3.05, 3.63) is 132 Å². The minimum Gasteiger partial charge on any atom is -0.289 e. The van der Waals surface area contributed by atoms with E-state index in [-0.39, 0.29) is 16.0 Å². The Labute approximate surface area is 242 Å². The molecule has 0 saturated carbocycles. The third-order valence-corrected chi connectivity index (χ3v) is 10.1. The van der Waals surface area contributed by atoms with E-state index in [1.807, 2.05) is 60.7 Å². The second-order valence-corrected chi connectivity index (χ2v) is 13.2. The number of hydrogen-bond donors (Lipinski definition) is 1. The molecule has 7 rings (SSSR count). The standard InChI is InChI=1S/C33H21NO6S2/c35-33-29-19-23(15-17-27(29)28-18-16-24(20-30(28)33)42(38,39)40)41(36,37)34(31-13-5-9-21-7-1-3-11-25(21)31)32-14-6-10-22-8-2-4-12-26(22)32/h1-20H,(H,38,39,40). The predicted octanol–water partition coefficient (Wildman–Crippen LogP) is 6.98. The van der Waals surface area contributed by atoms with Crippen molar-refractivity contribution in [2.24, 2.45) is 0 Å².